The largest absolute Gasteiger partial charge is 0.449 e. The zero-order valence-corrected chi connectivity index (χ0v) is 24.2. The molecule has 5 aromatic rings. The molecule has 1 unspecified atom stereocenters. The first kappa shape index (κ1) is 27.1. The third kappa shape index (κ3) is 5.45. The van der Waals surface area contributed by atoms with Crippen LogP contribution in [-0.2, 0) is 22.5 Å². The summed E-state index contributed by atoms with van der Waals surface area (Å²) in [5, 5.41) is 8.29. The molecule has 0 saturated heterocycles. The Kier molecular flexibility index (Phi) is 7.51. The van der Waals surface area contributed by atoms with Gasteiger partial charge in [-0.3, -0.25) is 20.0 Å². The van der Waals surface area contributed by atoms with Gasteiger partial charge in [-0.15, -0.1) is 11.3 Å². The number of rotatable bonds is 7. The summed E-state index contributed by atoms with van der Waals surface area (Å²) >= 11 is 1.35. The van der Waals surface area contributed by atoms with Crippen LogP contribution in [0.15, 0.2) is 72.1 Å². The Bertz CT molecular complexity index is 1760. The highest BCUT2D eigenvalue weighted by Crippen LogP contribution is 2.31. The van der Waals surface area contributed by atoms with Crippen molar-refractivity contribution in [3.8, 4) is 11.3 Å². The van der Waals surface area contributed by atoms with Crippen LogP contribution in [0.4, 0.5) is 5.13 Å². The highest BCUT2D eigenvalue weighted by molar-refractivity contribution is 7.14. The fourth-order valence-corrected chi connectivity index (χ4v) is 6.12. The number of aromatic nitrogens is 2. The quantitative estimate of drug-likeness (QED) is 0.218. The third-order valence-corrected chi connectivity index (χ3v) is 8.46. The van der Waals surface area contributed by atoms with Gasteiger partial charge in [0.15, 0.2) is 11.2 Å². The van der Waals surface area contributed by atoms with Gasteiger partial charge in [0, 0.05) is 53.1 Å². The minimum Gasteiger partial charge on any atom is -0.449 e. The molecule has 0 fully saturated rings. The maximum atomic E-state index is 13.8. The van der Waals surface area contributed by atoms with Crippen LogP contribution in [0.5, 0.6) is 0 Å². The van der Waals surface area contributed by atoms with Gasteiger partial charge in [0.1, 0.15) is 0 Å². The fourth-order valence-electron chi connectivity index (χ4n) is 5.39. The van der Waals surface area contributed by atoms with Gasteiger partial charge in [-0.05, 0) is 43.2 Å². The van der Waals surface area contributed by atoms with Crippen LogP contribution in [0.25, 0.3) is 32.9 Å². The second-order valence-corrected chi connectivity index (χ2v) is 11.5. The van der Waals surface area contributed by atoms with Crippen molar-refractivity contribution in [2.24, 2.45) is 0 Å². The molecular formula is C33H32N4O3S. The highest BCUT2D eigenvalue weighted by atomic mass is 32.1. The van der Waals surface area contributed by atoms with Gasteiger partial charge in [0.2, 0.25) is 0 Å². The lowest BCUT2D eigenvalue weighted by Gasteiger charge is -2.32. The van der Waals surface area contributed by atoms with Crippen molar-refractivity contribution < 1.29 is 14.3 Å². The molecule has 208 valence electrons. The van der Waals surface area contributed by atoms with Crippen LogP contribution in [0.3, 0.4) is 0 Å². The monoisotopic (exact) mass is 564 g/mol. The van der Waals surface area contributed by atoms with E-state index in [4.69, 9.17) is 9.72 Å². The van der Waals surface area contributed by atoms with Crippen LogP contribution < -0.4 is 5.32 Å². The number of nitrogens with one attached hydrogen (secondary N) is 1. The van der Waals surface area contributed by atoms with E-state index >= 15 is 0 Å². The van der Waals surface area contributed by atoms with Crippen molar-refractivity contribution in [3.05, 3.63) is 88.9 Å². The van der Waals surface area contributed by atoms with Gasteiger partial charge in [-0.25, -0.2) is 9.78 Å². The van der Waals surface area contributed by atoms with E-state index in [9.17, 15) is 9.59 Å². The second-order valence-electron chi connectivity index (χ2n) is 10.6. The Balaban J connectivity index is 1.22. The number of pyridine rings is 1. The molecule has 0 spiro atoms. The lowest BCUT2D eigenvalue weighted by Crippen LogP contribution is -2.38. The minimum absolute atomic E-state index is 0.337. The van der Waals surface area contributed by atoms with Crippen molar-refractivity contribution >= 4 is 50.0 Å². The van der Waals surface area contributed by atoms with Crippen molar-refractivity contribution in [1.29, 1.82) is 0 Å². The molecule has 1 aliphatic heterocycles. The molecule has 1 N–H and O–H groups in total. The SMILES string of the molecule is CCC(OC(=O)c1c2c(nc3ccccc13)CCN(C(C)C)C2)C(=O)Nc1nc(-c2ccc3ccccc3c2)cs1. The number of benzene rings is 3. The molecule has 2 aromatic heterocycles. The lowest BCUT2D eigenvalue weighted by atomic mass is 9.95. The van der Waals surface area contributed by atoms with E-state index in [0.717, 1.165) is 57.2 Å². The van der Waals surface area contributed by atoms with Gasteiger partial charge in [-0.2, -0.15) is 0 Å². The molecule has 0 aliphatic carbocycles. The van der Waals surface area contributed by atoms with E-state index in [0.29, 0.717) is 29.7 Å². The second kappa shape index (κ2) is 11.4. The van der Waals surface area contributed by atoms with Crippen molar-refractivity contribution in [3.63, 3.8) is 0 Å². The first-order chi connectivity index (χ1) is 19.9. The van der Waals surface area contributed by atoms with Gasteiger partial charge >= 0.3 is 5.97 Å². The van der Waals surface area contributed by atoms with E-state index in [1.165, 1.54) is 11.3 Å². The zero-order valence-electron chi connectivity index (χ0n) is 23.4. The number of fused-ring (bicyclic) bond motifs is 3. The number of para-hydroxylation sites is 1. The predicted octanol–water partition coefficient (Wildman–Crippen LogP) is 6.85. The van der Waals surface area contributed by atoms with E-state index in [-0.39, 0.29) is 0 Å². The average Bonchev–Trinajstić information content (AvgIpc) is 3.46. The molecule has 3 heterocycles. The Morgan fingerprint density at radius 1 is 1.02 bits per heavy atom. The third-order valence-electron chi connectivity index (χ3n) is 7.70. The standard InChI is InChI=1S/C33H32N4O3S/c1-4-29(31(38)36-33-35-28(19-41-33)23-14-13-21-9-5-6-10-22(21)17-23)40-32(39)30-24-11-7-8-12-26(24)34-27-15-16-37(20(2)3)18-25(27)30/h5-14,17,19-20,29H,4,15-16,18H2,1-3H3,(H,35,36,38). The molecule has 1 aliphatic rings. The summed E-state index contributed by atoms with van der Waals surface area (Å²) in [6.45, 7) is 7.65. The predicted molar refractivity (Wildman–Crippen MR) is 164 cm³/mol. The van der Waals surface area contributed by atoms with Crippen LogP contribution in [0, 0.1) is 0 Å². The highest BCUT2D eigenvalue weighted by Gasteiger charge is 2.30. The number of esters is 1. The summed E-state index contributed by atoms with van der Waals surface area (Å²) in [4.78, 5) is 38.9. The molecule has 0 radical (unpaired) electrons. The minimum atomic E-state index is -0.956. The number of carbonyl (C=O) groups is 2. The molecule has 0 saturated carbocycles. The Hall–Kier alpha value is -4.14. The van der Waals surface area contributed by atoms with E-state index in [2.05, 4.69) is 53.3 Å². The maximum absolute atomic E-state index is 13.8. The Morgan fingerprint density at radius 2 is 1.80 bits per heavy atom. The van der Waals surface area contributed by atoms with Crippen LogP contribution >= 0.6 is 11.3 Å². The van der Waals surface area contributed by atoms with Gasteiger partial charge < -0.3 is 4.74 Å². The zero-order chi connectivity index (χ0) is 28.5. The number of carbonyl (C=O) groups excluding carboxylic acids is 2. The van der Waals surface area contributed by atoms with Crippen LogP contribution in [-0.4, -0.2) is 45.4 Å². The molecule has 8 heteroatoms. The number of anilines is 1. The van der Waals surface area contributed by atoms with Crippen LogP contribution in [0.2, 0.25) is 0 Å². The molecule has 3 aromatic carbocycles. The number of ether oxygens (including phenoxy) is 1. The van der Waals surface area contributed by atoms with Crippen LogP contribution in [0.1, 0.15) is 48.8 Å². The summed E-state index contributed by atoms with van der Waals surface area (Å²) in [5.74, 6) is -0.889. The van der Waals surface area contributed by atoms with Gasteiger partial charge in [-0.1, -0.05) is 61.5 Å². The van der Waals surface area contributed by atoms with Crippen molar-refractivity contribution in [2.45, 2.75) is 52.3 Å². The number of amides is 1. The molecule has 41 heavy (non-hydrogen) atoms. The summed E-state index contributed by atoms with van der Waals surface area (Å²) in [7, 11) is 0. The number of hydrogen-bond acceptors (Lipinski definition) is 7. The van der Waals surface area contributed by atoms with Crippen molar-refractivity contribution in [1.82, 2.24) is 14.9 Å². The maximum Gasteiger partial charge on any atom is 0.340 e. The fraction of sp³-hybridized carbons (Fsp3) is 0.273. The summed E-state index contributed by atoms with van der Waals surface area (Å²) < 4.78 is 5.91. The number of hydrogen-bond donors (Lipinski definition) is 1. The van der Waals surface area contributed by atoms with Gasteiger partial charge in [0.25, 0.3) is 5.91 Å². The first-order valence-corrected chi connectivity index (χ1v) is 14.9. The lowest BCUT2D eigenvalue weighted by molar-refractivity contribution is -0.124. The Morgan fingerprint density at radius 3 is 2.61 bits per heavy atom. The Labute approximate surface area is 243 Å². The molecule has 0 bridgehead atoms. The topological polar surface area (TPSA) is 84.4 Å². The summed E-state index contributed by atoms with van der Waals surface area (Å²) in [6, 6.07) is 22.3. The molecule has 6 rings (SSSR count). The smallest absolute Gasteiger partial charge is 0.340 e. The van der Waals surface area contributed by atoms with E-state index in [1.807, 2.05) is 54.8 Å². The average molecular weight is 565 g/mol. The molecular weight excluding hydrogens is 532 g/mol. The first-order valence-electron chi connectivity index (χ1n) is 14.0. The molecule has 7 nitrogen and oxygen atoms in total. The van der Waals surface area contributed by atoms with E-state index in [1.54, 1.807) is 0 Å². The number of thiazole rings is 1. The normalized spacial score (nSPS) is 14.2. The molecule has 1 amide bonds. The van der Waals surface area contributed by atoms with Gasteiger partial charge in [0.05, 0.1) is 16.8 Å². The summed E-state index contributed by atoms with van der Waals surface area (Å²) in [6.07, 6.45) is 0.145. The number of nitrogens with zero attached hydrogens (tertiary/aromatic N) is 3. The van der Waals surface area contributed by atoms with Crippen molar-refractivity contribution in [2.75, 3.05) is 11.9 Å². The summed E-state index contributed by atoms with van der Waals surface area (Å²) in [5.41, 5.74) is 4.85. The van der Waals surface area contributed by atoms with E-state index < -0.39 is 18.0 Å². The molecule has 1 atom stereocenters.